The predicted molar refractivity (Wildman–Crippen MR) is 53.6 cm³/mol. The third kappa shape index (κ3) is 4.61. The molecule has 0 aliphatic rings. The molecular formula is C9H12N2O4. The Hall–Kier alpha value is -2.11. The summed E-state index contributed by atoms with van der Waals surface area (Å²) in [5, 5.41) is 22.5. The fourth-order valence-corrected chi connectivity index (χ4v) is 0.693. The van der Waals surface area contributed by atoms with E-state index >= 15 is 0 Å². The van der Waals surface area contributed by atoms with Crippen molar-refractivity contribution in [3.63, 3.8) is 0 Å². The molecule has 0 aliphatic carbocycles. The zero-order chi connectivity index (χ0) is 11.8. The highest BCUT2D eigenvalue weighted by atomic mass is 16.4. The summed E-state index contributed by atoms with van der Waals surface area (Å²) in [5.41, 5.74) is 0.185. The first kappa shape index (κ1) is 12.9. The van der Waals surface area contributed by atoms with E-state index in [2.05, 4.69) is 10.2 Å². The predicted octanol–water partition coefficient (Wildman–Crippen LogP) is 1.23. The molecule has 82 valence electrons. The largest absolute Gasteiger partial charge is 0.478 e. The minimum atomic E-state index is -1.16. The normalized spacial score (nSPS) is 9.47. The van der Waals surface area contributed by atoms with E-state index in [1.807, 2.05) is 13.8 Å². The first-order chi connectivity index (χ1) is 7.09. The lowest BCUT2D eigenvalue weighted by Gasteiger charge is -1.80. The zero-order valence-corrected chi connectivity index (χ0v) is 8.39. The van der Waals surface area contributed by atoms with E-state index in [-0.39, 0.29) is 5.69 Å². The smallest absolute Gasteiger partial charge is 0.356 e. The molecule has 0 unspecified atom stereocenters. The minimum Gasteiger partial charge on any atom is -0.478 e. The van der Waals surface area contributed by atoms with E-state index in [9.17, 15) is 9.59 Å². The number of rotatable bonds is 3. The number of nitrogens with zero attached hydrogens (tertiary/aromatic N) is 1. The molecule has 0 bridgehead atoms. The standard InChI is InChI=1S/C7H6N2O4.C2H6/c10-6(11)2-1-4-3-5(7(12)13)9-8-4;1-2/h1-3H,(H,8,9)(H,10,11)(H,12,13);1-2H3/b2-1+;. The molecule has 1 heterocycles. The van der Waals surface area contributed by atoms with Crippen LogP contribution in [-0.4, -0.2) is 32.3 Å². The van der Waals surface area contributed by atoms with Gasteiger partial charge >= 0.3 is 11.9 Å². The van der Waals surface area contributed by atoms with E-state index in [0.717, 1.165) is 6.08 Å². The van der Waals surface area contributed by atoms with Gasteiger partial charge in [-0.05, 0) is 12.1 Å². The first-order valence-electron chi connectivity index (χ1n) is 4.29. The highest BCUT2D eigenvalue weighted by Crippen LogP contribution is 2.01. The fraction of sp³-hybridized carbons (Fsp3) is 0.222. The summed E-state index contributed by atoms with van der Waals surface area (Å²) in [6, 6.07) is 1.24. The summed E-state index contributed by atoms with van der Waals surface area (Å²) in [4.78, 5) is 20.4. The quantitative estimate of drug-likeness (QED) is 0.654. The van der Waals surface area contributed by atoms with Crippen molar-refractivity contribution in [1.29, 1.82) is 0 Å². The van der Waals surface area contributed by atoms with Gasteiger partial charge in [0.15, 0.2) is 5.69 Å². The van der Waals surface area contributed by atoms with Crippen LogP contribution < -0.4 is 0 Å². The molecule has 1 aromatic heterocycles. The maximum absolute atomic E-state index is 10.3. The number of H-pyrrole nitrogens is 1. The van der Waals surface area contributed by atoms with Crippen molar-refractivity contribution in [3.8, 4) is 0 Å². The number of hydrogen-bond donors (Lipinski definition) is 3. The van der Waals surface area contributed by atoms with Gasteiger partial charge in [-0.15, -0.1) is 0 Å². The lowest BCUT2D eigenvalue weighted by atomic mass is 10.3. The number of hydrogen-bond acceptors (Lipinski definition) is 3. The molecule has 6 heteroatoms. The molecule has 3 N–H and O–H groups in total. The van der Waals surface area contributed by atoms with Gasteiger partial charge in [-0.2, -0.15) is 5.10 Å². The maximum Gasteiger partial charge on any atom is 0.356 e. The number of carboxylic acids is 2. The average Bonchev–Trinajstić information content (AvgIpc) is 2.66. The van der Waals surface area contributed by atoms with Crippen LogP contribution in [0.4, 0.5) is 0 Å². The Morgan fingerprint density at radius 2 is 2.00 bits per heavy atom. The highest BCUT2D eigenvalue weighted by Gasteiger charge is 2.05. The third-order valence-corrected chi connectivity index (χ3v) is 1.22. The van der Waals surface area contributed by atoms with Crippen molar-refractivity contribution in [1.82, 2.24) is 10.2 Å². The van der Waals surface area contributed by atoms with Gasteiger partial charge in [-0.25, -0.2) is 9.59 Å². The number of aromatic nitrogens is 2. The number of aromatic amines is 1. The molecule has 0 saturated carbocycles. The minimum absolute atomic E-state index is 0.148. The molecule has 0 atom stereocenters. The Morgan fingerprint density at radius 1 is 1.40 bits per heavy atom. The van der Waals surface area contributed by atoms with Crippen LogP contribution in [0.15, 0.2) is 12.1 Å². The van der Waals surface area contributed by atoms with Gasteiger partial charge in [0.1, 0.15) is 0 Å². The summed E-state index contributed by atoms with van der Waals surface area (Å²) in [5.74, 6) is -2.27. The summed E-state index contributed by atoms with van der Waals surface area (Å²) < 4.78 is 0. The number of carboxylic acid groups (broad SMARTS) is 2. The molecule has 0 radical (unpaired) electrons. The second kappa shape index (κ2) is 6.36. The lowest BCUT2D eigenvalue weighted by Crippen LogP contribution is -1.95. The number of aromatic carboxylic acids is 1. The van der Waals surface area contributed by atoms with E-state index in [4.69, 9.17) is 10.2 Å². The van der Waals surface area contributed by atoms with Crippen LogP contribution in [0.1, 0.15) is 30.0 Å². The van der Waals surface area contributed by atoms with Gasteiger partial charge in [0.25, 0.3) is 0 Å². The van der Waals surface area contributed by atoms with Gasteiger partial charge in [-0.3, -0.25) is 5.10 Å². The molecule has 15 heavy (non-hydrogen) atoms. The Morgan fingerprint density at radius 3 is 2.40 bits per heavy atom. The van der Waals surface area contributed by atoms with Crippen LogP contribution >= 0.6 is 0 Å². The molecule has 1 aromatic rings. The molecule has 0 aliphatic heterocycles. The second-order valence-electron chi connectivity index (χ2n) is 2.19. The van der Waals surface area contributed by atoms with E-state index in [0.29, 0.717) is 5.69 Å². The van der Waals surface area contributed by atoms with Crippen LogP contribution in [0.3, 0.4) is 0 Å². The van der Waals surface area contributed by atoms with Gasteiger partial charge in [-0.1, -0.05) is 13.8 Å². The van der Waals surface area contributed by atoms with Gasteiger partial charge in [0.2, 0.25) is 0 Å². The Labute approximate surface area is 86.2 Å². The number of aliphatic carboxylic acids is 1. The Kier molecular flexibility index (Phi) is 5.47. The van der Waals surface area contributed by atoms with Gasteiger partial charge < -0.3 is 10.2 Å². The van der Waals surface area contributed by atoms with Crippen LogP contribution in [0.25, 0.3) is 6.08 Å². The molecule has 0 spiro atoms. The van der Waals surface area contributed by atoms with Crippen molar-refractivity contribution < 1.29 is 19.8 Å². The second-order valence-corrected chi connectivity index (χ2v) is 2.19. The molecule has 0 amide bonds. The van der Waals surface area contributed by atoms with Crippen molar-refractivity contribution >= 4 is 18.0 Å². The van der Waals surface area contributed by atoms with E-state index < -0.39 is 11.9 Å². The fourth-order valence-electron chi connectivity index (χ4n) is 0.693. The lowest BCUT2D eigenvalue weighted by molar-refractivity contribution is -0.131. The summed E-state index contributed by atoms with van der Waals surface area (Å²) in [7, 11) is 0. The van der Waals surface area contributed by atoms with Crippen LogP contribution in [0, 0.1) is 0 Å². The first-order valence-corrected chi connectivity index (χ1v) is 4.29. The molecular weight excluding hydrogens is 200 g/mol. The molecule has 1 rings (SSSR count). The van der Waals surface area contributed by atoms with Gasteiger partial charge in [0, 0.05) is 6.08 Å². The average molecular weight is 212 g/mol. The molecule has 0 aromatic carbocycles. The Balaban J connectivity index is 0.000000921. The number of nitrogens with one attached hydrogen (secondary N) is 1. The third-order valence-electron chi connectivity index (χ3n) is 1.22. The van der Waals surface area contributed by atoms with Crippen molar-refractivity contribution in [2.75, 3.05) is 0 Å². The number of carbonyl (C=O) groups is 2. The van der Waals surface area contributed by atoms with Crippen LogP contribution in [0.5, 0.6) is 0 Å². The summed E-state index contributed by atoms with van der Waals surface area (Å²) >= 11 is 0. The SMILES string of the molecule is CC.O=C(O)/C=C/c1cc(C(=O)O)n[nH]1. The Bertz CT molecular complexity index is 368. The van der Waals surface area contributed by atoms with E-state index in [1.165, 1.54) is 12.1 Å². The van der Waals surface area contributed by atoms with Gasteiger partial charge in [0.05, 0.1) is 5.69 Å². The maximum atomic E-state index is 10.3. The van der Waals surface area contributed by atoms with E-state index in [1.54, 1.807) is 0 Å². The zero-order valence-electron chi connectivity index (χ0n) is 8.39. The summed E-state index contributed by atoms with van der Waals surface area (Å²) in [6.07, 6.45) is 2.11. The summed E-state index contributed by atoms with van der Waals surface area (Å²) in [6.45, 7) is 4.00. The monoisotopic (exact) mass is 212 g/mol. The van der Waals surface area contributed by atoms with Crippen LogP contribution in [0.2, 0.25) is 0 Å². The van der Waals surface area contributed by atoms with Crippen molar-refractivity contribution in [2.24, 2.45) is 0 Å². The van der Waals surface area contributed by atoms with Crippen molar-refractivity contribution in [2.45, 2.75) is 13.8 Å². The highest BCUT2D eigenvalue weighted by molar-refractivity contribution is 5.87. The van der Waals surface area contributed by atoms with Crippen LogP contribution in [-0.2, 0) is 4.79 Å². The van der Waals surface area contributed by atoms with Crippen molar-refractivity contribution in [3.05, 3.63) is 23.5 Å². The topological polar surface area (TPSA) is 103 Å². The molecule has 6 nitrogen and oxygen atoms in total. The molecule has 0 fully saturated rings. The molecule has 0 saturated heterocycles.